The van der Waals surface area contributed by atoms with E-state index in [0.29, 0.717) is 5.70 Å². The van der Waals surface area contributed by atoms with Crippen molar-refractivity contribution in [3.8, 4) is 0 Å². The highest BCUT2D eigenvalue weighted by atomic mass is 16.6. The maximum Gasteiger partial charge on any atom is 0.339 e. The monoisotopic (exact) mass is 289 g/mol. The molecule has 0 amide bonds. The molecule has 0 spiro atoms. The maximum atomic E-state index is 12.3. The molecule has 5 atom stereocenters. The summed E-state index contributed by atoms with van der Waals surface area (Å²) in [6.07, 6.45) is 7.87. The Hall–Kier alpha value is -1.55. The van der Waals surface area contributed by atoms with Gasteiger partial charge in [-0.25, -0.2) is 4.79 Å². The normalized spacial score (nSPS) is 46.1. The molecule has 2 saturated heterocycles. The Morgan fingerprint density at radius 1 is 1.57 bits per heavy atom. The molecule has 0 aromatic heterocycles. The van der Waals surface area contributed by atoms with Crippen LogP contribution in [0.15, 0.2) is 37.1 Å². The molecular weight excluding hydrogens is 266 g/mol. The van der Waals surface area contributed by atoms with Crippen molar-refractivity contribution in [2.45, 2.75) is 50.4 Å². The Bertz CT molecular complexity index is 554. The van der Waals surface area contributed by atoms with Gasteiger partial charge in [-0.05, 0) is 26.2 Å². The Labute approximate surface area is 125 Å². The van der Waals surface area contributed by atoms with Crippen molar-refractivity contribution in [3.05, 3.63) is 37.1 Å². The molecule has 2 N–H and O–H groups in total. The molecule has 4 nitrogen and oxygen atoms in total. The molecule has 3 rings (SSSR count). The molecule has 0 aromatic rings. The SMILES string of the molecule is C=C[C@H]1C(=C)N[C@@]2([C@@H](O)C3(C)C=CCCC3)C(=O)O[C@@]12C. The van der Waals surface area contributed by atoms with Gasteiger partial charge in [0.2, 0.25) is 5.54 Å². The Kier molecular flexibility index (Phi) is 2.90. The Morgan fingerprint density at radius 2 is 2.29 bits per heavy atom. The molecule has 2 aliphatic heterocycles. The number of carbonyl (C=O) groups excluding carboxylic acids is 1. The number of allylic oxidation sites excluding steroid dienone is 1. The van der Waals surface area contributed by atoms with Gasteiger partial charge in [0.25, 0.3) is 0 Å². The van der Waals surface area contributed by atoms with E-state index in [0.717, 1.165) is 19.3 Å². The zero-order valence-corrected chi connectivity index (χ0v) is 12.7. The van der Waals surface area contributed by atoms with E-state index in [-0.39, 0.29) is 5.92 Å². The van der Waals surface area contributed by atoms with Gasteiger partial charge in [0.05, 0.1) is 5.92 Å². The first-order chi connectivity index (χ1) is 9.82. The zero-order valence-electron chi connectivity index (χ0n) is 12.7. The van der Waals surface area contributed by atoms with Gasteiger partial charge in [-0.15, -0.1) is 6.58 Å². The van der Waals surface area contributed by atoms with Crippen molar-refractivity contribution in [3.63, 3.8) is 0 Å². The summed E-state index contributed by atoms with van der Waals surface area (Å²) >= 11 is 0. The summed E-state index contributed by atoms with van der Waals surface area (Å²) in [5, 5.41) is 14.2. The van der Waals surface area contributed by atoms with Crippen LogP contribution in [-0.2, 0) is 9.53 Å². The van der Waals surface area contributed by atoms with E-state index in [1.807, 2.05) is 19.9 Å². The van der Waals surface area contributed by atoms with E-state index < -0.39 is 28.6 Å². The van der Waals surface area contributed by atoms with E-state index in [9.17, 15) is 9.90 Å². The van der Waals surface area contributed by atoms with Crippen LogP contribution in [0.5, 0.6) is 0 Å². The van der Waals surface area contributed by atoms with Gasteiger partial charge in [-0.2, -0.15) is 0 Å². The molecule has 0 aromatic carbocycles. The summed E-state index contributed by atoms with van der Waals surface area (Å²) in [5.74, 6) is -0.593. The maximum absolute atomic E-state index is 12.3. The van der Waals surface area contributed by atoms with E-state index in [1.54, 1.807) is 6.08 Å². The van der Waals surface area contributed by atoms with Gasteiger partial charge in [0, 0.05) is 11.1 Å². The fourth-order valence-corrected chi connectivity index (χ4v) is 4.24. The number of aliphatic hydroxyl groups is 1. The Morgan fingerprint density at radius 3 is 2.81 bits per heavy atom. The number of hydrogen-bond donors (Lipinski definition) is 2. The van der Waals surface area contributed by atoms with Crippen LogP contribution in [0.25, 0.3) is 0 Å². The van der Waals surface area contributed by atoms with Crippen LogP contribution < -0.4 is 5.32 Å². The molecule has 2 fully saturated rings. The quantitative estimate of drug-likeness (QED) is 0.617. The van der Waals surface area contributed by atoms with Crippen LogP contribution in [-0.4, -0.2) is 28.3 Å². The van der Waals surface area contributed by atoms with Crippen LogP contribution >= 0.6 is 0 Å². The topological polar surface area (TPSA) is 58.6 Å². The van der Waals surface area contributed by atoms with Crippen LogP contribution in [0.2, 0.25) is 0 Å². The number of hydrogen-bond acceptors (Lipinski definition) is 4. The summed E-state index contributed by atoms with van der Waals surface area (Å²) in [5.41, 5.74) is -1.71. The van der Waals surface area contributed by atoms with Crippen molar-refractivity contribution < 1.29 is 14.6 Å². The highest BCUT2D eigenvalue weighted by molar-refractivity contribution is 5.92. The molecule has 4 heteroatoms. The first kappa shape index (κ1) is 14.4. The first-order valence-electron chi connectivity index (χ1n) is 7.50. The third kappa shape index (κ3) is 1.51. The molecule has 0 saturated carbocycles. The minimum atomic E-state index is -1.13. The van der Waals surface area contributed by atoms with Crippen molar-refractivity contribution in [1.29, 1.82) is 0 Å². The molecule has 1 aliphatic carbocycles. The number of esters is 1. The summed E-state index contributed by atoms with van der Waals surface area (Å²) < 4.78 is 5.47. The number of nitrogens with one attached hydrogen (secondary N) is 1. The standard InChI is InChI=1S/C17H23NO3/c1-5-12-11(2)18-17(14(20)21-16(12,17)4)13(19)15(3)9-7-6-8-10-15/h5,7,9,12-13,18-19H,1-2,6,8,10H2,3-4H3/t12-,13-,15?,16-,17-/m0/s1. The number of rotatable bonds is 3. The number of aliphatic hydroxyl groups excluding tert-OH is 1. The van der Waals surface area contributed by atoms with E-state index in [4.69, 9.17) is 4.74 Å². The van der Waals surface area contributed by atoms with E-state index in [1.165, 1.54) is 0 Å². The second kappa shape index (κ2) is 4.23. The molecule has 3 aliphatic rings. The fraction of sp³-hybridized carbons (Fsp3) is 0.588. The van der Waals surface area contributed by atoms with Gasteiger partial charge in [-0.3, -0.25) is 0 Å². The molecule has 2 heterocycles. The van der Waals surface area contributed by atoms with Crippen molar-refractivity contribution in [2.24, 2.45) is 11.3 Å². The summed E-state index contributed by atoms with van der Waals surface area (Å²) in [7, 11) is 0. The first-order valence-corrected chi connectivity index (χ1v) is 7.50. The smallest absolute Gasteiger partial charge is 0.339 e. The summed E-state index contributed by atoms with van der Waals surface area (Å²) in [6.45, 7) is 11.6. The average molecular weight is 289 g/mol. The number of carbonyl (C=O) groups is 1. The lowest BCUT2D eigenvalue weighted by Gasteiger charge is -2.56. The third-order valence-electron chi connectivity index (χ3n) is 5.59. The van der Waals surface area contributed by atoms with Gasteiger partial charge >= 0.3 is 5.97 Å². The molecule has 21 heavy (non-hydrogen) atoms. The lowest BCUT2D eigenvalue weighted by molar-refractivity contribution is -0.240. The molecule has 1 unspecified atom stereocenters. The Balaban J connectivity index is 2.05. The molecular formula is C17H23NO3. The van der Waals surface area contributed by atoms with Crippen LogP contribution in [0, 0.1) is 11.3 Å². The average Bonchev–Trinajstić information content (AvgIpc) is 2.62. The fourth-order valence-electron chi connectivity index (χ4n) is 4.24. The highest BCUT2D eigenvalue weighted by Crippen LogP contribution is 2.57. The third-order valence-corrected chi connectivity index (χ3v) is 5.59. The minimum absolute atomic E-state index is 0.193. The van der Waals surface area contributed by atoms with Crippen molar-refractivity contribution in [1.82, 2.24) is 5.32 Å². The predicted molar refractivity (Wildman–Crippen MR) is 80.3 cm³/mol. The lowest BCUT2D eigenvalue weighted by atomic mass is 9.60. The second-order valence-electron chi connectivity index (χ2n) is 6.87. The van der Waals surface area contributed by atoms with Gasteiger partial charge < -0.3 is 15.2 Å². The van der Waals surface area contributed by atoms with Crippen LogP contribution in [0.4, 0.5) is 0 Å². The number of fused-ring (bicyclic) bond motifs is 1. The highest BCUT2D eigenvalue weighted by Gasteiger charge is 2.78. The summed E-state index contributed by atoms with van der Waals surface area (Å²) in [4.78, 5) is 12.3. The van der Waals surface area contributed by atoms with Crippen molar-refractivity contribution in [2.75, 3.05) is 0 Å². The van der Waals surface area contributed by atoms with Gasteiger partial charge in [0.1, 0.15) is 6.10 Å². The lowest BCUT2D eigenvalue weighted by Crippen LogP contribution is -2.80. The number of ether oxygens (including phenoxy) is 1. The van der Waals surface area contributed by atoms with E-state index >= 15 is 0 Å². The second-order valence-corrected chi connectivity index (χ2v) is 6.87. The van der Waals surface area contributed by atoms with Crippen LogP contribution in [0.1, 0.15) is 33.1 Å². The predicted octanol–water partition coefficient (Wildman–Crippen LogP) is 2.07. The molecule has 114 valence electrons. The van der Waals surface area contributed by atoms with Crippen molar-refractivity contribution >= 4 is 5.97 Å². The van der Waals surface area contributed by atoms with Crippen LogP contribution in [0.3, 0.4) is 0 Å². The molecule has 0 bridgehead atoms. The minimum Gasteiger partial charge on any atom is -0.453 e. The zero-order chi connectivity index (χ0) is 15.5. The van der Waals surface area contributed by atoms with Gasteiger partial charge in [0.15, 0.2) is 5.60 Å². The summed E-state index contributed by atoms with van der Waals surface area (Å²) in [6, 6.07) is 0. The van der Waals surface area contributed by atoms with Gasteiger partial charge in [-0.1, -0.05) is 31.7 Å². The van der Waals surface area contributed by atoms with E-state index in [2.05, 4.69) is 24.6 Å². The largest absolute Gasteiger partial charge is 0.453 e. The molecule has 0 radical (unpaired) electrons.